The summed E-state index contributed by atoms with van der Waals surface area (Å²) in [6.45, 7) is 11.7. The molecular weight excluding hydrogens is 594 g/mol. The van der Waals surface area contributed by atoms with E-state index in [1.165, 1.54) is 69.1 Å². The first-order valence-electron chi connectivity index (χ1n) is 12.7. The van der Waals surface area contributed by atoms with Gasteiger partial charge >= 0.3 is 200 Å². The van der Waals surface area contributed by atoms with Gasteiger partial charge in [-0.3, -0.25) is 0 Å². The predicted octanol–water partition coefficient (Wildman–Crippen LogP) is 7.71. The normalized spacial score (nSPS) is 13.0. The minimum absolute atomic E-state index is 0.542. The van der Waals surface area contributed by atoms with E-state index in [4.69, 9.17) is 16.0 Å². The number of carbonyl (C=O) groups is 1. The molecule has 0 aliphatic rings. The van der Waals surface area contributed by atoms with Crippen LogP contribution in [0.5, 0.6) is 0 Å². The number of rotatable bonds is 21. The van der Waals surface area contributed by atoms with Crippen molar-refractivity contribution in [3.8, 4) is 0 Å². The van der Waals surface area contributed by atoms with Crippen molar-refractivity contribution in [2.75, 3.05) is 6.61 Å². The zero-order chi connectivity index (χ0) is 22.7. The predicted molar refractivity (Wildman–Crippen MR) is 131 cm³/mol. The molecule has 0 aromatic heterocycles. The average molecular weight is 644 g/mol. The molecule has 0 aliphatic carbocycles. The first-order valence-corrected chi connectivity index (χ1v) is 25.9. The molecule has 1 N–H and O–H groups in total. The number of hydrogen-bond acceptors (Lipinski definition) is 4. The Morgan fingerprint density at radius 3 is 1.80 bits per heavy atom. The van der Waals surface area contributed by atoms with E-state index in [9.17, 15) is 4.79 Å². The van der Waals surface area contributed by atoms with E-state index in [1.54, 1.807) is 0 Å². The SMILES string of the molecule is CCC[CH2][SnH]([CH2]CCC)[O][Sn]([CH2]CCC)([CH2]CCC)[CH2]CC(OCCC)OC(=O)O. The molecular formula is C23H50O5Sn2. The first-order chi connectivity index (χ1) is 14.5. The number of unbranched alkanes of at least 4 members (excludes halogenated alkanes) is 4. The van der Waals surface area contributed by atoms with Crippen molar-refractivity contribution in [3.63, 3.8) is 0 Å². The summed E-state index contributed by atoms with van der Waals surface area (Å²) in [6, 6.07) is 0. The summed E-state index contributed by atoms with van der Waals surface area (Å²) in [7, 11) is 0. The second-order valence-electron chi connectivity index (χ2n) is 8.64. The van der Waals surface area contributed by atoms with Crippen LogP contribution in [0.2, 0.25) is 22.2 Å². The molecule has 0 rings (SSSR count). The second-order valence-corrected chi connectivity index (χ2v) is 31.7. The van der Waals surface area contributed by atoms with Gasteiger partial charge in [0.1, 0.15) is 0 Å². The van der Waals surface area contributed by atoms with Crippen LogP contribution in [0.4, 0.5) is 4.79 Å². The molecule has 5 nitrogen and oxygen atoms in total. The molecule has 0 saturated carbocycles. The summed E-state index contributed by atoms with van der Waals surface area (Å²) < 4.78 is 24.5. The van der Waals surface area contributed by atoms with Crippen LogP contribution in [-0.4, -0.2) is 63.1 Å². The van der Waals surface area contributed by atoms with Gasteiger partial charge in [-0.1, -0.05) is 0 Å². The van der Waals surface area contributed by atoms with Crippen LogP contribution in [0.25, 0.3) is 0 Å². The standard InChI is InChI=1S/C7H13O4.4C4H9.O.2Sn.H/c1-3-5-10-6(4-2)11-7(8)9;4*1-3-4-2;;;;/h6H,2-5H2,1H3,(H,8,9);4*1,3-4H2,2H3;;;;. The van der Waals surface area contributed by atoms with Crippen LogP contribution in [0.15, 0.2) is 0 Å². The van der Waals surface area contributed by atoms with Crippen LogP contribution >= 0.6 is 0 Å². The molecule has 0 amide bonds. The number of hydrogen-bond donors (Lipinski definition) is 1. The van der Waals surface area contributed by atoms with Crippen LogP contribution in [0, 0.1) is 0 Å². The van der Waals surface area contributed by atoms with Gasteiger partial charge in [-0.15, -0.1) is 0 Å². The van der Waals surface area contributed by atoms with E-state index in [0.29, 0.717) is 13.0 Å². The van der Waals surface area contributed by atoms with Gasteiger partial charge in [0.15, 0.2) is 0 Å². The van der Waals surface area contributed by atoms with Crippen molar-refractivity contribution in [2.24, 2.45) is 0 Å². The zero-order valence-electron chi connectivity index (χ0n) is 20.5. The third-order valence-corrected chi connectivity index (χ3v) is 40.7. The van der Waals surface area contributed by atoms with Gasteiger partial charge in [-0.2, -0.15) is 0 Å². The Bertz CT molecular complexity index is 393. The second kappa shape index (κ2) is 20.4. The third-order valence-electron chi connectivity index (χ3n) is 5.72. The Morgan fingerprint density at radius 2 is 1.37 bits per heavy atom. The summed E-state index contributed by atoms with van der Waals surface area (Å²) in [5.41, 5.74) is 0. The van der Waals surface area contributed by atoms with Crippen molar-refractivity contribution < 1.29 is 20.8 Å². The molecule has 0 aliphatic heterocycles. The van der Waals surface area contributed by atoms with Crippen molar-refractivity contribution in [3.05, 3.63) is 0 Å². The topological polar surface area (TPSA) is 65.0 Å². The van der Waals surface area contributed by atoms with E-state index < -0.39 is 51.4 Å². The molecule has 0 aromatic carbocycles. The van der Waals surface area contributed by atoms with Gasteiger partial charge in [-0.25, -0.2) is 0 Å². The fourth-order valence-corrected chi connectivity index (χ4v) is 48.2. The fourth-order valence-electron chi connectivity index (χ4n) is 3.95. The third kappa shape index (κ3) is 15.6. The average Bonchev–Trinajstić information content (AvgIpc) is 2.73. The molecule has 0 fully saturated rings. The van der Waals surface area contributed by atoms with Crippen LogP contribution < -0.4 is 0 Å². The van der Waals surface area contributed by atoms with E-state index in [1.807, 2.05) is 6.92 Å². The molecule has 0 saturated heterocycles. The Labute approximate surface area is 198 Å². The molecule has 1 atom stereocenters. The first kappa shape index (κ1) is 30.8. The summed E-state index contributed by atoms with van der Waals surface area (Å²) in [5.74, 6) is 0. The van der Waals surface area contributed by atoms with Crippen molar-refractivity contribution in [1.82, 2.24) is 0 Å². The van der Waals surface area contributed by atoms with Gasteiger partial charge in [0.05, 0.1) is 0 Å². The maximum atomic E-state index is 11.1. The summed E-state index contributed by atoms with van der Waals surface area (Å²) in [5, 5.41) is 9.13. The van der Waals surface area contributed by atoms with E-state index in [2.05, 4.69) is 27.7 Å². The van der Waals surface area contributed by atoms with Crippen LogP contribution in [0.1, 0.15) is 98.8 Å². The van der Waals surface area contributed by atoms with Gasteiger partial charge in [0.25, 0.3) is 0 Å². The molecule has 0 spiro atoms. The monoisotopic (exact) mass is 646 g/mol. The Morgan fingerprint density at radius 1 is 0.833 bits per heavy atom. The Kier molecular flexibility index (Phi) is 20.9. The molecule has 30 heavy (non-hydrogen) atoms. The molecule has 1 unspecified atom stereocenters. The van der Waals surface area contributed by atoms with Crippen molar-refractivity contribution >= 4 is 45.1 Å². The van der Waals surface area contributed by atoms with Gasteiger partial charge in [-0.05, 0) is 0 Å². The van der Waals surface area contributed by atoms with Gasteiger partial charge in [0.2, 0.25) is 0 Å². The van der Waals surface area contributed by atoms with E-state index >= 15 is 0 Å². The fraction of sp³-hybridized carbons (Fsp3) is 0.957. The molecule has 0 heterocycles. The summed E-state index contributed by atoms with van der Waals surface area (Å²) in [4.78, 5) is 11.1. The van der Waals surface area contributed by atoms with Crippen LogP contribution in [0.3, 0.4) is 0 Å². The minimum atomic E-state index is -2.83. The summed E-state index contributed by atoms with van der Waals surface area (Å²) in [6.07, 6.45) is 9.74. The van der Waals surface area contributed by atoms with Crippen LogP contribution in [-0.2, 0) is 10.9 Å². The van der Waals surface area contributed by atoms with E-state index in [-0.39, 0.29) is 0 Å². The molecule has 0 bridgehead atoms. The zero-order valence-corrected chi connectivity index (χ0v) is 26.7. The van der Waals surface area contributed by atoms with E-state index in [0.717, 1.165) is 10.9 Å². The maximum absolute atomic E-state index is 11.1. The van der Waals surface area contributed by atoms with Crippen molar-refractivity contribution in [2.45, 2.75) is 127 Å². The molecule has 7 heteroatoms. The van der Waals surface area contributed by atoms with Crippen molar-refractivity contribution in [1.29, 1.82) is 0 Å². The summed E-state index contributed by atoms with van der Waals surface area (Å²) >= 11 is -4.84. The Balaban J connectivity index is 5.42. The number of carboxylic acid groups (broad SMARTS) is 1. The number of ether oxygens (including phenoxy) is 2. The quantitative estimate of drug-likeness (QED) is 0.0789. The Hall–Kier alpha value is 0.787. The molecule has 0 aromatic rings. The molecule has 180 valence electrons. The van der Waals surface area contributed by atoms with Gasteiger partial charge < -0.3 is 0 Å². The molecule has 0 radical (unpaired) electrons. The van der Waals surface area contributed by atoms with Gasteiger partial charge in [0, 0.05) is 0 Å².